The molecule has 4 N–H and O–H groups in total. The molecule has 0 spiro atoms. The van der Waals surface area contributed by atoms with Gasteiger partial charge in [-0.05, 0) is 37.5 Å². The molecule has 148 valence electrons. The Bertz CT molecular complexity index is 817. The molecule has 0 bridgehead atoms. The molecular weight excluding hydrogens is 356 g/mol. The Hall–Kier alpha value is -3.19. The number of anilines is 1. The lowest BCUT2D eigenvalue weighted by molar-refractivity contribution is -0.122. The topological polar surface area (TPSA) is 99.3 Å². The van der Waals surface area contributed by atoms with Crippen LogP contribution in [0.15, 0.2) is 48.5 Å². The number of carbonyl (C=O) groups is 3. The van der Waals surface area contributed by atoms with Gasteiger partial charge in [0, 0.05) is 12.2 Å². The summed E-state index contributed by atoms with van der Waals surface area (Å²) in [6.45, 7) is 5.91. The van der Waals surface area contributed by atoms with Crippen LogP contribution in [0, 0.1) is 13.8 Å². The lowest BCUT2D eigenvalue weighted by atomic mass is 10.1. The Kier molecular flexibility index (Phi) is 7.71. The molecule has 0 fully saturated rings. The van der Waals surface area contributed by atoms with E-state index in [0.717, 1.165) is 16.8 Å². The van der Waals surface area contributed by atoms with E-state index in [1.165, 1.54) is 0 Å². The molecule has 0 heterocycles. The average Bonchev–Trinajstić information content (AvgIpc) is 2.66. The van der Waals surface area contributed by atoms with E-state index in [2.05, 4.69) is 21.3 Å². The highest BCUT2D eigenvalue weighted by Gasteiger charge is 2.22. The van der Waals surface area contributed by atoms with Gasteiger partial charge >= 0.3 is 6.03 Å². The second-order valence-electron chi connectivity index (χ2n) is 6.39. The number of benzene rings is 2. The second kappa shape index (κ2) is 10.2. The predicted molar refractivity (Wildman–Crippen MR) is 109 cm³/mol. The zero-order valence-electron chi connectivity index (χ0n) is 16.3. The van der Waals surface area contributed by atoms with Crippen LogP contribution >= 0.6 is 0 Å². The standard InChI is InChI=1S/C21H26N4O3/c1-4-22-21(28)25-20(27)19(16-11-6-5-7-12-16)23-13-17(26)24-18-14(2)9-8-10-15(18)3/h5-12,19,23H,4,13H2,1-3H3,(H,24,26)(H2,22,25,27,28). The molecule has 0 aromatic heterocycles. The SMILES string of the molecule is CCNC(=O)NC(=O)C(NCC(=O)Nc1c(C)cccc1C)c1ccccc1. The van der Waals surface area contributed by atoms with Crippen molar-refractivity contribution in [2.24, 2.45) is 0 Å². The quantitative estimate of drug-likeness (QED) is 0.591. The van der Waals surface area contributed by atoms with E-state index in [9.17, 15) is 14.4 Å². The molecule has 7 nitrogen and oxygen atoms in total. The highest BCUT2D eigenvalue weighted by molar-refractivity contribution is 5.98. The molecule has 4 amide bonds. The van der Waals surface area contributed by atoms with Crippen molar-refractivity contribution in [3.05, 3.63) is 65.2 Å². The van der Waals surface area contributed by atoms with Crippen molar-refractivity contribution in [2.75, 3.05) is 18.4 Å². The van der Waals surface area contributed by atoms with Crippen molar-refractivity contribution < 1.29 is 14.4 Å². The lowest BCUT2D eigenvalue weighted by Gasteiger charge is -2.19. The monoisotopic (exact) mass is 382 g/mol. The zero-order chi connectivity index (χ0) is 20.5. The number of aryl methyl sites for hydroxylation is 2. The Morgan fingerprint density at radius 3 is 2.18 bits per heavy atom. The van der Waals surface area contributed by atoms with Crippen LogP contribution in [0.2, 0.25) is 0 Å². The number of amides is 4. The van der Waals surface area contributed by atoms with Gasteiger partial charge in [0.2, 0.25) is 11.8 Å². The molecule has 0 saturated heterocycles. The largest absolute Gasteiger partial charge is 0.338 e. The molecule has 0 aliphatic carbocycles. The van der Waals surface area contributed by atoms with Crippen molar-refractivity contribution in [1.29, 1.82) is 0 Å². The minimum atomic E-state index is -0.840. The summed E-state index contributed by atoms with van der Waals surface area (Å²) in [5.41, 5.74) is 3.34. The van der Waals surface area contributed by atoms with Crippen LogP contribution in [0.1, 0.15) is 29.7 Å². The fraction of sp³-hybridized carbons (Fsp3) is 0.286. The van der Waals surface area contributed by atoms with E-state index < -0.39 is 18.0 Å². The number of nitrogens with one attached hydrogen (secondary N) is 4. The summed E-state index contributed by atoms with van der Waals surface area (Å²) in [6, 6.07) is 13.3. The van der Waals surface area contributed by atoms with E-state index in [1.807, 2.05) is 38.1 Å². The molecule has 0 saturated carbocycles. The first kappa shape index (κ1) is 21.1. The van der Waals surface area contributed by atoms with Crippen molar-refractivity contribution in [3.8, 4) is 0 Å². The van der Waals surface area contributed by atoms with Gasteiger partial charge in [-0.1, -0.05) is 48.5 Å². The molecule has 2 rings (SSSR count). The van der Waals surface area contributed by atoms with Gasteiger partial charge in [-0.2, -0.15) is 0 Å². The molecule has 7 heteroatoms. The predicted octanol–water partition coefficient (Wildman–Crippen LogP) is 2.42. The van der Waals surface area contributed by atoms with Gasteiger partial charge in [0.15, 0.2) is 0 Å². The first-order valence-electron chi connectivity index (χ1n) is 9.15. The smallest absolute Gasteiger partial charge is 0.321 e. The van der Waals surface area contributed by atoms with Crippen LogP contribution in [-0.2, 0) is 9.59 Å². The van der Waals surface area contributed by atoms with Crippen LogP contribution in [0.5, 0.6) is 0 Å². The fourth-order valence-corrected chi connectivity index (χ4v) is 2.79. The Labute approximate surface area is 164 Å². The molecule has 2 aromatic rings. The number of rotatable bonds is 7. The number of imide groups is 1. The molecule has 1 atom stereocenters. The summed E-state index contributed by atoms with van der Waals surface area (Å²) in [5, 5.41) is 10.6. The molecule has 0 radical (unpaired) electrons. The van der Waals surface area contributed by atoms with E-state index >= 15 is 0 Å². The molecule has 0 aliphatic heterocycles. The minimum Gasteiger partial charge on any atom is -0.338 e. The van der Waals surface area contributed by atoms with Gasteiger partial charge in [0.1, 0.15) is 6.04 Å². The summed E-state index contributed by atoms with van der Waals surface area (Å²) >= 11 is 0. The van der Waals surface area contributed by atoms with Gasteiger partial charge in [-0.15, -0.1) is 0 Å². The first-order valence-corrected chi connectivity index (χ1v) is 9.15. The maximum Gasteiger partial charge on any atom is 0.321 e. The molecular formula is C21H26N4O3. The van der Waals surface area contributed by atoms with Gasteiger partial charge in [0.25, 0.3) is 0 Å². The fourth-order valence-electron chi connectivity index (χ4n) is 2.79. The van der Waals surface area contributed by atoms with Crippen molar-refractivity contribution >= 4 is 23.5 Å². The van der Waals surface area contributed by atoms with Gasteiger partial charge in [-0.3, -0.25) is 20.2 Å². The van der Waals surface area contributed by atoms with Crippen LogP contribution < -0.4 is 21.3 Å². The van der Waals surface area contributed by atoms with Gasteiger partial charge in [-0.25, -0.2) is 4.79 Å². The minimum absolute atomic E-state index is 0.0872. The van der Waals surface area contributed by atoms with Crippen LogP contribution in [-0.4, -0.2) is 30.9 Å². The summed E-state index contributed by atoms with van der Waals surface area (Å²) in [4.78, 5) is 36.7. The van der Waals surface area contributed by atoms with Gasteiger partial charge < -0.3 is 10.6 Å². The Morgan fingerprint density at radius 1 is 0.929 bits per heavy atom. The summed E-state index contributed by atoms with van der Waals surface area (Å²) < 4.78 is 0. The third-order valence-corrected chi connectivity index (χ3v) is 4.18. The first-order chi connectivity index (χ1) is 13.4. The Morgan fingerprint density at radius 2 is 1.57 bits per heavy atom. The van der Waals surface area contributed by atoms with Crippen molar-refractivity contribution in [2.45, 2.75) is 26.8 Å². The highest BCUT2D eigenvalue weighted by Crippen LogP contribution is 2.19. The highest BCUT2D eigenvalue weighted by atomic mass is 16.2. The molecule has 28 heavy (non-hydrogen) atoms. The number of carbonyl (C=O) groups excluding carboxylic acids is 3. The third-order valence-electron chi connectivity index (χ3n) is 4.18. The van der Waals surface area contributed by atoms with Crippen molar-refractivity contribution in [1.82, 2.24) is 16.0 Å². The second-order valence-corrected chi connectivity index (χ2v) is 6.39. The van der Waals surface area contributed by atoms with E-state index in [0.29, 0.717) is 12.1 Å². The van der Waals surface area contributed by atoms with Crippen LogP contribution in [0.4, 0.5) is 10.5 Å². The normalized spacial score (nSPS) is 11.4. The van der Waals surface area contributed by atoms with Gasteiger partial charge in [0.05, 0.1) is 6.54 Å². The molecule has 0 aliphatic rings. The third kappa shape index (κ3) is 5.92. The summed E-state index contributed by atoms with van der Waals surface area (Å²) in [7, 11) is 0. The van der Waals surface area contributed by atoms with Crippen LogP contribution in [0.25, 0.3) is 0 Å². The Balaban J connectivity index is 2.07. The van der Waals surface area contributed by atoms with Crippen LogP contribution in [0.3, 0.4) is 0 Å². The van der Waals surface area contributed by atoms with E-state index in [-0.39, 0.29) is 12.5 Å². The van der Waals surface area contributed by atoms with Crippen molar-refractivity contribution in [3.63, 3.8) is 0 Å². The molecule has 2 aromatic carbocycles. The van der Waals surface area contributed by atoms with E-state index in [4.69, 9.17) is 0 Å². The lowest BCUT2D eigenvalue weighted by Crippen LogP contribution is -2.46. The zero-order valence-corrected chi connectivity index (χ0v) is 16.3. The number of hydrogen-bond acceptors (Lipinski definition) is 4. The number of hydrogen-bond donors (Lipinski definition) is 4. The molecule has 1 unspecified atom stereocenters. The maximum absolute atomic E-state index is 12.5. The summed E-state index contributed by atoms with van der Waals surface area (Å²) in [5.74, 6) is -0.804. The average molecular weight is 382 g/mol. The number of para-hydroxylation sites is 1. The number of urea groups is 1. The van der Waals surface area contributed by atoms with E-state index in [1.54, 1.807) is 31.2 Å². The maximum atomic E-state index is 12.5. The summed E-state index contributed by atoms with van der Waals surface area (Å²) in [6.07, 6.45) is 0.